The fourth-order valence-electron chi connectivity index (χ4n) is 1.65. The van der Waals surface area contributed by atoms with Crippen LogP contribution in [0.3, 0.4) is 0 Å². The van der Waals surface area contributed by atoms with E-state index in [2.05, 4.69) is 0 Å². The normalized spacial score (nSPS) is 12.7. The Balaban J connectivity index is 3.50. The third kappa shape index (κ3) is 4.05. The molecule has 0 aliphatic carbocycles. The number of hydrogen-bond donors (Lipinski definition) is 1. The third-order valence-electron chi connectivity index (χ3n) is 2.65. The molecule has 0 heterocycles. The molecule has 0 aromatic heterocycles. The average molecular weight is 337 g/mol. The second-order valence-corrected chi connectivity index (χ2v) is 6.74. The van der Waals surface area contributed by atoms with Crippen LogP contribution in [0.1, 0.15) is 18.9 Å². The van der Waals surface area contributed by atoms with E-state index < -0.39 is 36.6 Å². The highest BCUT2D eigenvalue weighted by Crippen LogP contribution is 2.35. The van der Waals surface area contributed by atoms with Crippen LogP contribution in [0.4, 0.5) is 5.69 Å². The summed E-state index contributed by atoms with van der Waals surface area (Å²) in [6.45, 7) is 3.02. The van der Waals surface area contributed by atoms with E-state index in [4.69, 9.17) is 21.2 Å². The minimum absolute atomic E-state index is 0.156. The van der Waals surface area contributed by atoms with E-state index in [0.29, 0.717) is 0 Å². The van der Waals surface area contributed by atoms with Crippen molar-refractivity contribution in [3.63, 3.8) is 0 Å². The Morgan fingerprint density at radius 1 is 1.52 bits per heavy atom. The summed E-state index contributed by atoms with van der Waals surface area (Å²) in [5.41, 5.74) is 4.83. The van der Waals surface area contributed by atoms with Gasteiger partial charge in [-0.15, -0.1) is 0 Å². The molecule has 0 bridgehead atoms. The zero-order valence-corrected chi connectivity index (χ0v) is 12.8. The summed E-state index contributed by atoms with van der Waals surface area (Å²) in [7, 11) is 0.971. The molecule has 116 valence electrons. The van der Waals surface area contributed by atoms with E-state index in [-0.39, 0.29) is 17.7 Å². The predicted molar refractivity (Wildman–Crippen MR) is 74.8 cm³/mol. The van der Waals surface area contributed by atoms with Crippen LogP contribution in [-0.2, 0) is 13.8 Å². The van der Waals surface area contributed by atoms with Crippen LogP contribution < -0.4 is 10.5 Å². The zero-order valence-electron chi connectivity index (χ0n) is 11.2. The summed E-state index contributed by atoms with van der Waals surface area (Å²) in [6.07, 6.45) is -0.865. The molecule has 0 saturated carbocycles. The highest BCUT2D eigenvalue weighted by Gasteiger charge is 2.27. The smallest absolute Gasteiger partial charge is 0.271 e. The monoisotopic (exact) mass is 336 g/mol. The number of amides is 1. The van der Waals surface area contributed by atoms with Crippen LogP contribution in [0.25, 0.3) is 0 Å². The largest absolute Gasteiger partial charge is 0.479 e. The topological polar surface area (TPSA) is 130 Å². The number of nitrogens with zero attached hydrogens (tertiary/aromatic N) is 1. The van der Waals surface area contributed by atoms with Gasteiger partial charge in [0.15, 0.2) is 6.10 Å². The van der Waals surface area contributed by atoms with Gasteiger partial charge in [0.05, 0.1) is 4.92 Å². The van der Waals surface area contributed by atoms with Gasteiger partial charge in [0.1, 0.15) is 10.6 Å². The average Bonchev–Trinajstić information content (AvgIpc) is 2.34. The number of aryl methyl sites for hydroxylation is 1. The van der Waals surface area contributed by atoms with Crippen molar-refractivity contribution >= 4 is 31.3 Å². The van der Waals surface area contributed by atoms with Crippen molar-refractivity contribution in [1.82, 2.24) is 0 Å². The minimum Gasteiger partial charge on any atom is -0.479 e. The zero-order chi connectivity index (χ0) is 16.4. The highest BCUT2D eigenvalue weighted by atomic mass is 35.7. The van der Waals surface area contributed by atoms with E-state index >= 15 is 0 Å². The highest BCUT2D eigenvalue weighted by molar-refractivity contribution is 8.13. The Bertz CT molecular complexity index is 688. The summed E-state index contributed by atoms with van der Waals surface area (Å²) in [6, 6.07) is 1.90. The lowest BCUT2D eigenvalue weighted by atomic mass is 10.2. The maximum Gasteiger partial charge on any atom is 0.271 e. The number of nitrogens with two attached hydrogens (primary N) is 1. The lowest BCUT2D eigenvalue weighted by molar-refractivity contribution is -0.385. The van der Waals surface area contributed by atoms with Crippen molar-refractivity contribution in [2.24, 2.45) is 5.73 Å². The summed E-state index contributed by atoms with van der Waals surface area (Å²) >= 11 is 0. The molecule has 1 amide bonds. The van der Waals surface area contributed by atoms with E-state index in [1.165, 1.54) is 6.92 Å². The van der Waals surface area contributed by atoms with Gasteiger partial charge in [0.2, 0.25) is 0 Å². The molecule has 1 atom stereocenters. The Morgan fingerprint density at radius 3 is 2.48 bits per heavy atom. The van der Waals surface area contributed by atoms with Crippen molar-refractivity contribution in [3.05, 3.63) is 27.8 Å². The molecular formula is C11H13ClN2O6S. The molecule has 2 N–H and O–H groups in total. The Kier molecular flexibility index (Phi) is 5.13. The Hall–Kier alpha value is -1.87. The summed E-state index contributed by atoms with van der Waals surface area (Å²) in [4.78, 5) is 20.6. The number of carbonyl (C=O) groups is 1. The summed E-state index contributed by atoms with van der Waals surface area (Å²) in [5.74, 6) is -1.01. The number of nitro groups is 1. The van der Waals surface area contributed by atoms with E-state index in [9.17, 15) is 23.3 Å². The number of halogens is 1. The Labute approximate surface area is 125 Å². The molecule has 8 nitrogen and oxygen atoms in total. The quantitative estimate of drug-likeness (QED) is 0.475. The number of ether oxygens (including phenoxy) is 1. The standard InChI is InChI=1S/C11H13ClN2O6S/c1-3-8(11(13)15)20-10-6(2)4-7(14(16)17)5-9(10)21(12,18)19/h4-5,8H,3H2,1-2H3,(H2,13,15). The van der Waals surface area contributed by atoms with Crippen molar-refractivity contribution < 1.29 is 22.9 Å². The first kappa shape index (κ1) is 17.2. The molecule has 1 unspecified atom stereocenters. The van der Waals surface area contributed by atoms with Gasteiger partial charge in [-0.25, -0.2) is 8.42 Å². The molecule has 0 aliphatic heterocycles. The summed E-state index contributed by atoms with van der Waals surface area (Å²) in [5, 5.41) is 10.8. The molecule has 10 heteroatoms. The fourth-order valence-corrected chi connectivity index (χ4v) is 2.68. The number of primary amides is 1. The maximum absolute atomic E-state index is 11.6. The van der Waals surface area contributed by atoms with Crippen molar-refractivity contribution in [2.45, 2.75) is 31.3 Å². The van der Waals surface area contributed by atoms with Crippen LogP contribution >= 0.6 is 10.7 Å². The first-order chi connectivity index (χ1) is 9.57. The molecule has 0 fully saturated rings. The number of non-ortho nitro benzene ring substituents is 1. The number of carbonyl (C=O) groups excluding carboxylic acids is 1. The lowest BCUT2D eigenvalue weighted by Gasteiger charge is -2.17. The van der Waals surface area contributed by atoms with Gasteiger partial charge in [-0.05, 0) is 18.9 Å². The van der Waals surface area contributed by atoms with Gasteiger partial charge < -0.3 is 10.5 Å². The van der Waals surface area contributed by atoms with E-state index in [1.54, 1.807) is 6.92 Å². The van der Waals surface area contributed by atoms with Crippen molar-refractivity contribution in [3.8, 4) is 5.75 Å². The number of hydrogen-bond acceptors (Lipinski definition) is 6. The molecule has 1 rings (SSSR count). The van der Waals surface area contributed by atoms with Gasteiger partial charge >= 0.3 is 0 Å². The fraction of sp³-hybridized carbons (Fsp3) is 0.364. The molecular weight excluding hydrogens is 324 g/mol. The lowest BCUT2D eigenvalue weighted by Crippen LogP contribution is -2.33. The number of rotatable bonds is 6. The first-order valence-corrected chi connectivity index (χ1v) is 8.08. The molecule has 1 aromatic rings. The third-order valence-corrected chi connectivity index (χ3v) is 3.97. The van der Waals surface area contributed by atoms with Crippen molar-refractivity contribution in [2.75, 3.05) is 0 Å². The second-order valence-electron chi connectivity index (χ2n) is 4.20. The minimum atomic E-state index is -4.30. The van der Waals surface area contributed by atoms with Crippen LogP contribution in [0.15, 0.2) is 17.0 Å². The number of benzene rings is 1. The van der Waals surface area contributed by atoms with Crippen LogP contribution in [0, 0.1) is 17.0 Å². The van der Waals surface area contributed by atoms with Gasteiger partial charge in [-0.3, -0.25) is 14.9 Å². The summed E-state index contributed by atoms with van der Waals surface area (Å²) < 4.78 is 28.4. The van der Waals surface area contributed by atoms with Crippen molar-refractivity contribution in [1.29, 1.82) is 0 Å². The molecule has 0 radical (unpaired) electrons. The first-order valence-electron chi connectivity index (χ1n) is 5.77. The van der Waals surface area contributed by atoms with Crippen LogP contribution in [-0.4, -0.2) is 25.4 Å². The molecule has 0 saturated heterocycles. The van der Waals surface area contributed by atoms with Crippen LogP contribution in [0.5, 0.6) is 5.75 Å². The maximum atomic E-state index is 11.6. The predicted octanol–water partition coefficient (Wildman–Crippen LogP) is 1.47. The second kappa shape index (κ2) is 6.27. The number of nitro benzene ring substituents is 1. The van der Waals surface area contributed by atoms with Gasteiger partial charge in [-0.2, -0.15) is 0 Å². The van der Waals surface area contributed by atoms with E-state index in [0.717, 1.165) is 12.1 Å². The molecule has 0 aliphatic rings. The molecule has 1 aromatic carbocycles. The SMILES string of the molecule is CCC(Oc1c(C)cc([N+](=O)[O-])cc1S(=O)(=O)Cl)C(N)=O. The van der Waals surface area contributed by atoms with Gasteiger partial charge in [-0.1, -0.05) is 6.92 Å². The van der Waals surface area contributed by atoms with Gasteiger partial charge in [0, 0.05) is 22.8 Å². The van der Waals surface area contributed by atoms with E-state index in [1.807, 2.05) is 0 Å². The van der Waals surface area contributed by atoms with Crippen LogP contribution in [0.2, 0.25) is 0 Å². The molecule has 0 spiro atoms. The molecule has 21 heavy (non-hydrogen) atoms. The van der Waals surface area contributed by atoms with Gasteiger partial charge in [0.25, 0.3) is 20.6 Å². The Morgan fingerprint density at radius 2 is 2.10 bits per heavy atom.